The Balaban J connectivity index is 1.61. The second-order valence-electron chi connectivity index (χ2n) is 10.0. The molecule has 2 saturated heterocycles. The Kier molecular flexibility index (Phi) is 6.46. The summed E-state index contributed by atoms with van der Waals surface area (Å²) < 4.78 is 5.51. The van der Waals surface area contributed by atoms with E-state index in [9.17, 15) is 9.59 Å². The Morgan fingerprint density at radius 2 is 1.73 bits per heavy atom. The molecule has 0 radical (unpaired) electrons. The normalized spacial score (nSPS) is 25.0. The van der Waals surface area contributed by atoms with E-state index in [1.54, 1.807) is 4.90 Å². The molecule has 2 amide bonds. The number of benzene rings is 1. The van der Waals surface area contributed by atoms with Crippen molar-refractivity contribution < 1.29 is 14.3 Å². The maximum Gasteiger partial charge on any atom is 0.410 e. The van der Waals surface area contributed by atoms with Crippen molar-refractivity contribution >= 4 is 17.7 Å². The van der Waals surface area contributed by atoms with Gasteiger partial charge in [0.15, 0.2) is 0 Å². The largest absolute Gasteiger partial charge is 0.444 e. The van der Waals surface area contributed by atoms with Gasteiger partial charge in [-0.1, -0.05) is 24.6 Å². The van der Waals surface area contributed by atoms with Gasteiger partial charge in [-0.05, 0) is 71.4 Å². The third-order valence-electron chi connectivity index (χ3n) is 6.08. The van der Waals surface area contributed by atoms with Crippen molar-refractivity contribution in [1.82, 2.24) is 10.2 Å². The monoisotopic (exact) mass is 415 g/mol. The lowest BCUT2D eigenvalue weighted by Gasteiger charge is -2.38. The molecule has 0 aliphatic carbocycles. The second kappa shape index (κ2) is 8.58. The van der Waals surface area contributed by atoms with E-state index in [2.05, 4.69) is 45.1 Å². The van der Waals surface area contributed by atoms with Crippen LogP contribution in [0.15, 0.2) is 12.1 Å². The third kappa shape index (κ3) is 4.97. The van der Waals surface area contributed by atoms with Crippen LogP contribution in [0.2, 0.25) is 0 Å². The van der Waals surface area contributed by atoms with Gasteiger partial charge in [0.25, 0.3) is 0 Å². The minimum atomic E-state index is -0.485. The van der Waals surface area contributed by atoms with Gasteiger partial charge in [0.05, 0.1) is 6.04 Å². The quantitative estimate of drug-likeness (QED) is 0.812. The van der Waals surface area contributed by atoms with E-state index in [4.69, 9.17) is 4.74 Å². The van der Waals surface area contributed by atoms with Crippen LogP contribution in [0.5, 0.6) is 0 Å². The number of anilines is 1. The fourth-order valence-electron chi connectivity index (χ4n) is 4.80. The minimum Gasteiger partial charge on any atom is -0.444 e. The molecule has 1 N–H and O–H groups in total. The number of aryl methyl sites for hydroxylation is 3. The fourth-order valence-corrected chi connectivity index (χ4v) is 4.80. The van der Waals surface area contributed by atoms with Crippen LogP contribution in [0.4, 0.5) is 10.5 Å². The number of hydrogen-bond acceptors (Lipinski definition) is 4. The van der Waals surface area contributed by atoms with Crippen LogP contribution in [0.25, 0.3) is 0 Å². The van der Waals surface area contributed by atoms with Crippen LogP contribution in [0, 0.1) is 26.7 Å². The zero-order valence-corrected chi connectivity index (χ0v) is 19.5. The summed E-state index contributed by atoms with van der Waals surface area (Å²) in [5, 5.41) is 3.61. The van der Waals surface area contributed by atoms with Crippen LogP contribution in [-0.2, 0) is 9.53 Å². The summed E-state index contributed by atoms with van der Waals surface area (Å²) >= 11 is 0. The Bertz CT molecular complexity index is 791. The van der Waals surface area contributed by atoms with E-state index in [1.807, 2.05) is 25.7 Å². The number of nitrogens with zero attached hydrogens (tertiary/aromatic N) is 2. The van der Waals surface area contributed by atoms with Crippen LogP contribution in [-0.4, -0.2) is 54.2 Å². The highest BCUT2D eigenvalue weighted by Gasteiger charge is 2.38. The van der Waals surface area contributed by atoms with E-state index < -0.39 is 5.60 Å². The predicted octanol–water partition coefficient (Wildman–Crippen LogP) is 3.95. The van der Waals surface area contributed by atoms with E-state index >= 15 is 0 Å². The Morgan fingerprint density at radius 3 is 2.30 bits per heavy atom. The van der Waals surface area contributed by atoms with Crippen molar-refractivity contribution in [3.05, 3.63) is 28.8 Å². The first-order chi connectivity index (χ1) is 14.0. The molecule has 2 aliphatic heterocycles. The standard InChI is InChI=1S/C24H37N3O3/c1-15-12-16(2)21(17(3)13-15)27-11-9-20(22(27)28)25-19-8-10-26(14-18(19)4)23(29)30-24(5,6)7/h12-13,18-20,25H,8-11,14H2,1-7H3/t18-,19+,20-/m0/s1. The van der Waals surface area contributed by atoms with Crippen molar-refractivity contribution in [1.29, 1.82) is 0 Å². The molecule has 166 valence electrons. The molecule has 3 rings (SSSR count). The van der Waals surface area contributed by atoms with Gasteiger partial charge in [0.2, 0.25) is 5.91 Å². The van der Waals surface area contributed by atoms with E-state index in [0.717, 1.165) is 36.2 Å². The number of rotatable bonds is 3. The third-order valence-corrected chi connectivity index (χ3v) is 6.08. The number of likely N-dealkylation sites (tertiary alicyclic amines) is 1. The highest BCUT2D eigenvalue weighted by atomic mass is 16.6. The fraction of sp³-hybridized carbons (Fsp3) is 0.667. The molecule has 0 aromatic heterocycles. The SMILES string of the molecule is Cc1cc(C)c(N2CC[C@H](N[C@@H]3CCN(C(=O)OC(C)(C)C)C[C@@H]3C)C2=O)c(C)c1. The first kappa shape index (κ1) is 22.6. The summed E-state index contributed by atoms with van der Waals surface area (Å²) in [6.07, 6.45) is 1.39. The van der Waals surface area contributed by atoms with E-state index in [-0.39, 0.29) is 30.0 Å². The van der Waals surface area contributed by atoms with Gasteiger partial charge >= 0.3 is 6.09 Å². The number of carbonyl (C=O) groups is 2. The lowest BCUT2D eigenvalue weighted by molar-refractivity contribution is -0.119. The van der Waals surface area contributed by atoms with Crippen LogP contribution in [0.1, 0.15) is 57.2 Å². The molecule has 1 aromatic rings. The van der Waals surface area contributed by atoms with Gasteiger partial charge in [0, 0.05) is 31.4 Å². The maximum absolute atomic E-state index is 13.2. The molecule has 30 heavy (non-hydrogen) atoms. The first-order valence-corrected chi connectivity index (χ1v) is 11.1. The summed E-state index contributed by atoms with van der Waals surface area (Å²) in [4.78, 5) is 29.3. The number of amides is 2. The van der Waals surface area contributed by atoms with Gasteiger partial charge < -0.3 is 19.9 Å². The number of nitrogens with one attached hydrogen (secondary N) is 1. The molecule has 2 aliphatic rings. The molecule has 6 nitrogen and oxygen atoms in total. The van der Waals surface area contributed by atoms with Crippen molar-refractivity contribution in [2.75, 3.05) is 24.5 Å². The molecular weight excluding hydrogens is 378 g/mol. The van der Waals surface area contributed by atoms with E-state index in [1.165, 1.54) is 5.56 Å². The number of ether oxygens (including phenoxy) is 1. The maximum atomic E-state index is 13.2. The molecule has 0 bridgehead atoms. The lowest BCUT2D eigenvalue weighted by atomic mass is 9.93. The smallest absolute Gasteiger partial charge is 0.410 e. The molecule has 6 heteroatoms. The zero-order chi connectivity index (χ0) is 22.2. The van der Waals surface area contributed by atoms with Gasteiger partial charge in [-0.25, -0.2) is 4.79 Å². The van der Waals surface area contributed by atoms with Gasteiger partial charge in [-0.2, -0.15) is 0 Å². The molecule has 0 unspecified atom stereocenters. The van der Waals surface area contributed by atoms with Gasteiger partial charge in [0.1, 0.15) is 5.60 Å². The number of carbonyl (C=O) groups excluding carboxylic acids is 2. The van der Waals surface area contributed by atoms with Crippen LogP contribution in [0.3, 0.4) is 0 Å². The summed E-state index contributed by atoms with van der Waals surface area (Å²) in [5.74, 6) is 0.419. The molecule has 0 spiro atoms. The van der Waals surface area contributed by atoms with E-state index in [0.29, 0.717) is 13.1 Å². The van der Waals surface area contributed by atoms with Crippen LogP contribution >= 0.6 is 0 Å². The van der Waals surface area contributed by atoms with Crippen molar-refractivity contribution in [3.8, 4) is 0 Å². The number of piperidine rings is 1. The average molecular weight is 416 g/mol. The van der Waals surface area contributed by atoms with Crippen LogP contribution < -0.4 is 10.2 Å². The van der Waals surface area contributed by atoms with Crippen molar-refractivity contribution in [3.63, 3.8) is 0 Å². The average Bonchev–Trinajstić information content (AvgIpc) is 2.95. The summed E-state index contributed by atoms with van der Waals surface area (Å²) in [6.45, 7) is 16.1. The minimum absolute atomic E-state index is 0.159. The lowest BCUT2D eigenvalue weighted by Crippen LogP contribution is -2.54. The van der Waals surface area contributed by atoms with Gasteiger partial charge in [-0.3, -0.25) is 4.79 Å². The Labute approximate surface area is 180 Å². The molecule has 2 fully saturated rings. The molecule has 1 aromatic carbocycles. The summed E-state index contributed by atoms with van der Waals surface area (Å²) in [7, 11) is 0. The molecular formula is C24H37N3O3. The van der Waals surface area contributed by atoms with Gasteiger partial charge in [-0.15, -0.1) is 0 Å². The molecule has 2 heterocycles. The highest BCUT2D eigenvalue weighted by molar-refractivity contribution is 6.00. The summed E-state index contributed by atoms with van der Waals surface area (Å²) in [5.41, 5.74) is 4.10. The molecule has 3 atom stereocenters. The van der Waals surface area contributed by atoms with Crippen molar-refractivity contribution in [2.45, 2.75) is 79.0 Å². The summed E-state index contributed by atoms with van der Waals surface area (Å²) in [6, 6.07) is 4.35. The molecule has 0 saturated carbocycles. The zero-order valence-electron chi connectivity index (χ0n) is 19.5. The van der Waals surface area contributed by atoms with Crippen molar-refractivity contribution in [2.24, 2.45) is 5.92 Å². The number of hydrogen-bond donors (Lipinski definition) is 1. The Morgan fingerprint density at radius 1 is 1.10 bits per heavy atom. The predicted molar refractivity (Wildman–Crippen MR) is 120 cm³/mol. The topological polar surface area (TPSA) is 61.9 Å². The Hall–Kier alpha value is -2.08. The second-order valence-corrected chi connectivity index (χ2v) is 10.0. The first-order valence-electron chi connectivity index (χ1n) is 11.1. The highest BCUT2D eigenvalue weighted by Crippen LogP contribution is 2.31.